The predicted octanol–water partition coefficient (Wildman–Crippen LogP) is 3.67. The van der Waals surface area contributed by atoms with E-state index >= 15 is 0 Å². The van der Waals surface area contributed by atoms with Crippen molar-refractivity contribution in [1.82, 2.24) is 19.6 Å². The van der Waals surface area contributed by atoms with Crippen molar-refractivity contribution in [2.24, 2.45) is 5.92 Å². The first kappa shape index (κ1) is 24.4. The summed E-state index contributed by atoms with van der Waals surface area (Å²) in [6.45, 7) is 5.23. The van der Waals surface area contributed by atoms with Gasteiger partial charge in [-0.25, -0.2) is 4.68 Å². The first-order valence-corrected chi connectivity index (χ1v) is 11.3. The lowest BCUT2D eigenvalue weighted by atomic mass is 10.1. The standard InChI is InChI=1S/C25H25F3N4O3/c1-16(2)15-32-23(34)20-6-4-3-5-19(20)21(29-32)24(35)31-13-11-30(12-14-31)22(33)17-7-9-18(10-8-17)25(26,27)28/h3-10,16H,11-15H2,1-2H3. The maximum Gasteiger partial charge on any atom is 0.416 e. The molecule has 0 radical (unpaired) electrons. The number of alkyl halides is 3. The van der Waals surface area contributed by atoms with E-state index < -0.39 is 11.7 Å². The molecule has 2 aromatic carbocycles. The summed E-state index contributed by atoms with van der Waals surface area (Å²) in [6.07, 6.45) is -4.47. The molecule has 7 nitrogen and oxygen atoms in total. The fourth-order valence-corrected chi connectivity index (χ4v) is 4.11. The maximum atomic E-state index is 13.4. The molecule has 0 saturated carbocycles. The van der Waals surface area contributed by atoms with Crippen molar-refractivity contribution in [2.45, 2.75) is 26.6 Å². The summed E-state index contributed by atoms with van der Waals surface area (Å²) in [5, 5.41) is 5.28. The number of halogens is 3. The Labute approximate surface area is 199 Å². The number of hydrogen-bond donors (Lipinski definition) is 0. The van der Waals surface area contributed by atoms with E-state index in [9.17, 15) is 27.6 Å². The second-order valence-corrected chi connectivity index (χ2v) is 8.93. The average molecular weight is 486 g/mol. The molecule has 1 saturated heterocycles. The Morgan fingerprint density at radius 1 is 0.886 bits per heavy atom. The van der Waals surface area contributed by atoms with Crippen molar-refractivity contribution in [2.75, 3.05) is 26.2 Å². The van der Waals surface area contributed by atoms with Crippen LogP contribution in [0.5, 0.6) is 0 Å². The summed E-state index contributed by atoms with van der Waals surface area (Å²) in [4.78, 5) is 42.0. The van der Waals surface area contributed by atoms with Gasteiger partial charge in [-0.1, -0.05) is 32.0 Å². The molecule has 4 rings (SSSR count). The smallest absolute Gasteiger partial charge is 0.335 e. The van der Waals surface area contributed by atoms with Gasteiger partial charge in [0, 0.05) is 43.7 Å². The molecule has 35 heavy (non-hydrogen) atoms. The largest absolute Gasteiger partial charge is 0.416 e. The van der Waals surface area contributed by atoms with Crippen molar-refractivity contribution >= 4 is 22.6 Å². The quantitative estimate of drug-likeness (QED) is 0.564. The van der Waals surface area contributed by atoms with E-state index in [-0.39, 0.29) is 60.7 Å². The molecular weight excluding hydrogens is 461 g/mol. The number of carbonyl (C=O) groups is 2. The first-order chi connectivity index (χ1) is 16.6. The Balaban J connectivity index is 1.51. The number of rotatable bonds is 4. The normalized spacial score (nSPS) is 14.6. The van der Waals surface area contributed by atoms with E-state index in [4.69, 9.17) is 0 Å². The highest BCUT2D eigenvalue weighted by atomic mass is 19.4. The van der Waals surface area contributed by atoms with Crippen LogP contribution in [-0.4, -0.2) is 57.6 Å². The second-order valence-electron chi connectivity index (χ2n) is 8.93. The van der Waals surface area contributed by atoms with Crippen LogP contribution in [0.25, 0.3) is 10.8 Å². The number of piperazine rings is 1. The molecule has 2 heterocycles. The van der Waals surface area contributed by atoms with Crippen molar-refractivity contribution in [3.8, 4) is 0 Å². The van der Waals surface area contributed by atoms with Crippen molar-refractivity contribution in [1.29, 1.82) is 0 Å². The summed E-state index contributed by atoms with van der Waals surface area (Å²) in [5.41, 5.74) is -0.727. The zero-order valence-electron chi connectivity index (χ0n) is 19.4. The molecule has 0 N–H and O–H groups in total. The minimum atomic E-state index is -4.47. The molecule has 184 valence electrons. The molecule has 3 aromatic rings. The van der Waals surface area contributed by atoms with Gasteiger partial charge < -0.3 is 9.80 Å². The second kappa shape index (κ2) is 9.52. The molecule has 1 aromatic heterocycles. The molecule has 1 fully saturated rings. The van der Waals surface area contributed by atoms with E-state index in [1.165, 1.54) is 9.58 Å². The van der Waals surface area contributed by atoms with Gasteiger partial charge in [0.05, 0.1) is 10.9 Å². The highest BCUT2D eigenvalue weighted by molar-refractivity contribution is 6.05. The van der Waals surface area contributed by atoms with Crippen LogP contribution in [0, 0.1) is 5.92 Å². The van der Waals surface area contributed by atoms with Gasteiger partial charge in [-0.2, -0.15) is 18.3 Å². The fraction of sp³-hybridized carbons (Fsp3) is 0.360. The predicted molar refractivity (Wildman–Crippen MR) is 124 cm³/mol. The number of nitrogens with zero attached hydrogens (tertiary/aromatic N) is 4. The van der Waals surface area contributed by atoms with Gasteiger partial charge in [-0.3, -0.25) is 14.4 Å². The molecule has 0 bridgehead atoms. The Morgan fingerprint density at radius 3 is 1.97 bits per heavy atom. The Morgan fingerprint density at radius 2 is 1.43 bits per heavy atom. The van der Waals surface area contributed by atoms with Gasteiger partial charge in [0.1, 0.15) is 0 Å². The minimum absolute atomic E-state index is 0.157. The summed E-state index contributed by atoms with van der Waals surface area (Å²) >= 11 is 0. The lowest BCUT2D eigenvalue weighted by Crippen LogP contribution is -2.51. The maximum absolute atomic E-state index is 13.4. The van der Waals surface area contributed by atoms with Crippen LogP contribution in [-0.2, 0) is 12.7 Å². The molecule has 10 heteroatoms. The molecule has 1 aliphatic heterocycles. The van der Waals surface area contributed by atoms with Gasteiger partial charge in [-0.15, -0.1) is 0 Å². The summed E-state index contributed by atoms with van der Waals surface area (Å²) in [7, 11) is 0. The van der Waals surface area contributed by atoms with Crippen LogP contribution in [0.2, 0.25) is 0 Å². The highest BCUT2D eigenvalue weighted by Gasteiger charge is 2.31. The van der Waals surface area contributed by atoms with E-state index in [1.807, 2.05) is 13.8 Å². The van der Waals surface area contributed by atoms with Crippen molar-refractivity contribution < 1.29 is 22.8 Å². The van der Waals surface area contributed by atoms with Crippen LogP contribution in [0.3, 0.4) is 0 Å². The Hall–Kier alpha value is -3.69. The minimum Gasteiger partial charge on any atom is -0.335 e. The van der Waals surface area contributed by atoms with E-state index in [0.29, 0.717) is 17.3 Å². The number of amides is 2. The lowest BCUT2D eigenvalue weighted by molar-refractivity contribution is -0.137. The summed E-state index contributed by atoms with van der Waals surface area (Å²) < 4.78 is 39.7. The highest BCUT2D eigenvalue weighted by Crippen LogP contribution is 2.29. The number of benzene rings is 2. The molecular formula is C25H25F3N4O3. The van der Waals surface area contributed by atoms with E-state index in [1.54, 1.807) is 29.2 Å². The van der Waals surface area contributed by atoms with Crippen molar-refractivity contribution in [3.05, 3.63) is 75.7 Å². The molecule has 0 unspecified atom stereocenters. The van der Waals surface area contributed by atoms with Gasteiger partial charge >= 0.3 is 6.18 Å². The van der Waals surface area contributed by atoms with Gasteiger partial charge in [-0.05, 0) is 36.2 Å². The van der Waals surface area contributed by atoms with Gasteiger partial charge in [0.25, 0.3) is 17.4 Å². The molecule has 1 aliphatic rings. The monoisotopic (exact) mass is 486 g/mol. The molecule has 2 amide bonds. The van der Waals surface area contributed by atoms with Gasteiger partial charge in [0.15, 0.2) is 5.69 Å². The molecule has 0 spiro atoms. The third-order valence-electron chi connectivity index (χ3n) is 5.92. The van der Waals surface area contributed by atoms with Crippen LogP contribution in [0.1, 0.15) is 40.3 Å². The van der Waals surface area contributed by atoms with Gasteiger partial charge in [0.2, 0.25) is 0 Å². The topological polar surface area (TPSA) is 75.5 Å². The van der Waals surface area contributed by atoms with Crippen LogP contribution in [0.15, 0.2) is 53.3 Å². The first-order valence-electron chi connectivity index (χ1n) is 11.3. The van der Waals surface area contributed by atoms with Crippen LogP contribution < -0.4 is 5.56 Å². The molecule has 0 atom stereocenters. The fourth-order valence-electron chi connectivity index (χ4n) is 4.11. The zero-order valence-corrected chi connectivity index (χ0v) is 19.4. The third-order valence-corrected chi connectivity index (χ3v) is 5.92. The Bertz CT molecular complexity index is 1310. The zero-order chi connectivity index (χ0) is 25.3. The summed E-state index contributed by atoms with van der Waals surface area (Å²) in [6, 6.07) is 10.9. The molecule has 0 aliphatic carbocycles. The number of carbonyl (C=O) groups excluding carboxylic acids is 2. The lowest BCUT2D eigenvalue weighted by Gasteiger charge is -2.34. The number of aromatic nitrogens is 2. The number of fused-ring (bicyclic) bond motifs is 1. The van der Waals surface area contributed by atoms with Crippen LogP contribution in [0.4, 0.5) is 13.2 Å². The number of hydrogen-bond acceptors (Lipinski definition) is 4. The SMILES string of the molecule is CC(C)Cn1nc(C(=O)N2CCN(C(=O)c3ccc(C(F)(F)F)cc3)CC2)c2ccccc2c1=O. The van der Waals surface area contributed by atoms with E-state index in [2.05, 4.69) is 5.10 Å². The average Bonchev–Trinajstić information content (AvgIpc) is 2.84. The van der Waals surface area contributed by atoms with Crippen LogP contribution >= 0.6 is 0 Å². The Kier molecular flexibility index (Phi) is 6.64. The third kappa shape index (κ3) is 5.06. The summed E-state index contributed by atoms with van der Waals surface area (Å²) in [5.74, 6) is -0.565. The van der Waals surface area contributed by atoms with Crippen molar-refractivity contribution in [3.63, 3.8) is 0 Å². The van der Waals surface area contributed by atoms with E-state index in [0.717, 1.165) is 24.3 Å².